The molecule has 0 saturated heterocycles. The number of rotatable bonds is 12. The van der Waals surface area contributed by atoms with Crippen molar-refractivity contribution in [3.63, 3.8) is 0 Å². The number of aliphatic hydroxyl groups excluding tert-OH is 2. The molecule has 190 valence electrons. The first-order valence-electron chi connectivity index (χ1n) is 11.2. The summed E-state index contributed by atoms with van der Waals surface area (Å²) < 4.78 is 15.0. The van der Waals surface area contributed by atoms with E-state index >= 15 is 0 Å². The largest absolute Gasteiger partial charge is 0.492 e. The van der Waals surface area contributed by atoms with Crippen LogP contribution in [0.15, 0.2) is 42.5 Å². The average molecular weight is 722 g/mol. The van der Waals surface area contributed by atoms with Gasteiger partial charge in [0.25, 0.3) is 0 Å². The molecule has 0 aliphatic carbocycles. The highest BCUT2D eigenvalue weighted by molar-refractivity contribution is 14.1. The minimum absolute atomic E-state index is 0.120. The molecule has 0 spiro atoms. The van der Waals surface area contributed by atoms with Crippen LogP contribution in [0, 0.1) is 13.2 Å². The summed E-state index contributed by atoms with van der Waals surface area (Å²) in [6.07, 6.45) is -0.761. The summed E-state index contributed by atoms with van der Waals surface area (Å²) >= 11 is 10.3. The molecule has 0 aliphatic heterocycles. The lowest BCUT2D eigenvalue weighted by Gasteiger charge is -2.27. The van der Waals surface area contributed by atoms with Crippen LogP contribution in [0.25, 0.3) is 0 Å². The summed E-state index contributed by atoms with van der Waals surface area (Å²) in [5.74, 6) is 2.43. The van der Waals surface area contributed by atoms with Crippen LogP contribution >= 0.6 is 56.8 Å². The van der Waals surface area contributed by atoms with Crippen LogP contribution in [0.5, 0.6) is 11.5 Å². The number of ether oxygens (including phenoxy) is 2. The summed E-state index contributed by atoms with van der Waals surface area (Å²) in [5.41, 5.74) is 2.62. The van der Waals surface area contributed by atoms with Crippen LogP contribution in [0.2, 0.25) is 0 Å². The highest BCUT2D eigenvalue weighted by atomic mass is 127. The standard InChI is InChI=1S/C25H30ClI2N3O4/c1-16(11-26)14-35-23-9-6-18(10-21(23)27)25(2,3)17-4-7-20(8-5-17)34-15-19(33)12-31-24(28)22(13-32)29-30-31/h4-10,16,19,32-33H,11-15H2,1-3H3/i28-4. The minimum atomic E-state index is -0.761. The second kappa shape index (κ2) is 12.9. The van der Waals surface area contributed by atoms with Gasteiger partial charge in [-0.1, -0.05) is 44.2 Å². The molecule has 10 heteroatoms. The third-order valence-electron chi connectivity index (χ3n) is 5.73. The van der Waals surface area contributed by atoms with Crippen molar-refractivity contribution in [2.75, 3.05) is 19.1 Å². The second-order valence-electron chi connectivity index (χ2n) is 9.00. The van der Waals surface area contributed by atoms with E-state index in [0.29, 0.717) is 33.5 Å². The Balaban J connectivity index is 1.60. The fourth-order valence-corrected chi connectivity index (χ4v) is 4.75. The SMILES string of the molecule is CC(CCl)COc1ccc(C(C)(C)c2ccc(OCC(O)Cn3nnc(CO)c3[123I])cc2)cc1I. The Bertz CT molecular complexity index is 1110. The Morgan fingerprint density at radius 2 is 1.80 bits per heavy atom. The lowest BCUT2D eigenvalue weighted by Crippen LogP contribution is -2.25. The summed E-state index contributed by atoms with van der Waals surface area (Å²) in [5, 5.41) is 27.4. The van der Waals surface area contributed by atoms with Gasteiger partial charge in [-0.2, -0.15) is 0 Å². The molecule has 0 amide bonds. The van der Waals surface area contributed by atoms with E-state index in [0.717, 1.165) is 14.9 Å². The van der Waals surface area contributed by atoms with E-state index in [1.54, 1.807) is 4.68 Å². The van der Waals surface area contributed by atoms with E-state index in [2.05, 4.69) is 101 Å². The predicted octanol–water partition coefficient (Wildman–Crippen LogP) is 5.00. The van der Waals surface area contributed by atoms with E-state index in [-0.39, 0.29) is 25.2 Å². The molecule has 1 heterocycles. The highest BCUT2D eigenvalue weighted by Gasteiger charge is 2.24. The van der Waals surface area contributed by atoms with Gasteiger partial charge in [0.1, 0.15) is 33.6 Å². The molecule has 3 aromatic rings. The van der Waals surface area contributed by atoms with Crippen molar-refractivity contribution in [2.45, 2.75) is 45.4 Å². The molecule has 2 aromatic carbocycles. The van der Waals surface area contributed by atoms with Crippen LogP contribution in [0.4, 0.5) is 0 Å². The molecule has 7 nitrogen and oxygen atoms in total. The van der Waals surface area contributed by atoms with Gasteiger partial charge < -0.3 is 19.7 Å². The topological polar surface area (TPSA) is 89.6 Å². The van der Waals surface area contributed by atoms with E-state index in [9.17, 15) is 10.2 Å². The summed E-state index contributed by atoms with van der Waals surface area (Å²) in [6.45, 7) is 7.22. The van der Waals surface area contributed by atoms with Crippen molar-refractivity contribution in [1.82, 2.24) is 15.0 Å². The number of aliphatic hydroxyl groups is 2. The van der Waals surface area contributed by atoms with Gasteiger partial charge in [-0.05, 0) is 80.6 Å². The summed E-state index contributed by atoms with van der Waals surface area (Å²) in [6, 6.07) is 14.2. The molecule has 2 atom stereocenters. The quantitative estimate of drug-likeness (QED) is 0.202. The van der Waals surface area contributed by atoms with Gasteiger partial charge in [0, 0.05) is 17.2 Å². The lowest BCUT2D eigenvalue weighted by atomic mass is 9.78. The average Bonchev–Trinajstić information content (AvgIpc) is 3.20. The Hall–Kier alpha value is -1.15. The molecule has 0 bridgehead atoms. The third kappa shape index (κ3) is 7.43. The monoisotopic (exact) mass is 721 g/mol. The summed E-state index contributed by atoms with van der Waals surface area (Å²) in [7, 11) is 0. The highest BCUT2D eigenvalue weighted by Crippen LogP contribution is 2.35. The van der Waals surface area contributed by atoms with Crippen molar-refractivity contribution in [2.24, 2.45) is 5.92 Å². The maximum Gasteiger partial charge on any atom is 0.132 e. The Morgan fingerprint density at radius 3 is 2.40 bits per heavy atom. The first-order chi connectivity index (χ1) is 16.6. The van der Waals surface area contributed by atoms with E-state index in [1.165, 1.54) is 5.56 Å². The first kappa shape index (κ1) is 28.4. The van der Waals surface area contributed by atoms with Crippen LogP contribution in [0.1, 0.15) is 37.6 Å². The van der Waals surface area contributed by atoms with E-state index in [1.807, 2.05) is 18.2 Å². The fourth-order valence-electron chi connectivity index (χ4n) is 3.41. The van der Waals surface area contributed by atoms with Crippen molar-refractivity contribution in [3.8, 4) is 11.5 Å². The number of hydrogen-bond acceptors (Lipinski definition) is 6. The number of benzene rings is 2. The molecule has 0 fully saturated rings. The van der Waals surface area contributed by atoms with Crippen LogP contribution in [-0.2, 0) is 18.6 Å². The fraction of sp³-hybridized carbons (Fsp3) is 0.440. The Kier molecular flexibility index (Phi) is 10.5. The number of halogens is 3. The molecule has 0 radical (unpaired) electrons. The van der Waals surface area contributed by atoms with E-state index < -0.39 is 6.10 Å². The number of nitrogens with zero attached hydrogens (tertiary/aromatic N) is 3. The van der Waals surface area contributed by atoms with Crippen LogP contribution in [0.3, 0.4) is 0 Å². The van der Waals surface area contributed by atoms with Gasteiger partial charge in [0.2, 0.25) is 0 Å². The van der Waals surface area contributed by atoms with Crippen molar-refractivity contribution >= 4 is 56.8 Å². The zero-order valence-electron chi connectivity index (χ0n) is 19.9. The molecular weight excluding hydrogens is 692 g/mol. The zero-order chi connectivity index (χ0) is 25.6. The maximum absolute atomic E-state index is 10.3. The van der Waals surface area contributed by atoms with Gasteiger partial charge in [0.05, 0.1) is 23.3 Å². The zero-order valence-corrected chi connectivity index (χ0v) is 25.0. The molecule has 0 saturated carbocycles. The van der Waals surface area contributed by atoms with Gasteiger partial charge in [-0.15, -0.1) is 16.7 Å². The normalized spacial score (nSPS) is 13.5. The van der Waals surface area contributed by atoms with E-state index in [4.69, 9.17) is 21.1 Å². The maximum atomic E-state index is 10.3. The van der Waals surface area contributed by atoms with Gasteiger partial charge in [-0.3, -0.25) is 0 Å². The Labute approximate surface area is 238 Å². The van der Waals surface area contributed by atoms with Gasteiger partial charge in [-0.25, -0.2) is 4.68 Å². The number of aromatic nitrogens is 3. The first-order valence-corrected chi connectivity index (χ1v) is 13.9. The molecule has 2 unspecified atom stereocenters. The van der Waals surface area contributed by atoms with Gasteiger partial charge >= 0.3 is 0 Å². The molecular formula is C25H30ClI2N3O4. The van der Waals surface area contributed by atoms with Crippen molar-refractivity contribution < 1.29 is 19.7 Å². The summed E-state index contributed by atoms with van der Waals surface area (Å²) in [4.78, 5) is 0. The Morgan fingerprint density at radius 1 is 1.11 bits per heavy atom. The van der Waals surface area contributed by atoms with Crippen molar-refractivity contribution in [1.29, 1.82) is 0 Å². The number of hydrogen-bond donors (Lipinski definition) is 2. The molecule has 2 N–H and O–H groups in total. The number of alkyl halides is 1. The molecule has 0 aliphatic rings. The minimum Gasteiger partial charge on any atom is -0.492 e. The smallest absolute Gasteiger partial charge is 0.132 e. The molecule has 35 heavy (non-hydrogen) atoms. The van der Waals surface area contributed by atoms with Gasteiger partial charge in [0.15, 0.2) is 0 Å². The lowest BCUT2D eigenvalue weighted by molar-refractivity contribution is 0.0881. The third-order valence-corrected chi connectivity index (χ3v) is 8.28. The van der Waals surface area contributed by atoms with Crippen LogP contribution < -0.4 is 9.47 Å². The molecule has 1 aromatic heterocycles. The predicted molar refractivity (Wildman–Crippen MR) is 153 cm³/mol. The van der Waals surface area contributed by atoms with Crippen LogP contribution in [-0.4, -0.2) is 50.4 Å². The second-order valence-corrected chi connectivity index (χ2v) is 11.5. The van der Waals surface area contributed by atoms with Crippen molar-refractivity contribution in [3.05, 3.63) is 66.6 Å². The molecule has 3 rings (SSSR count).